The third kappa shape index (κ3) is 2.65. The number of urea groups is 1. The van der Waals surface area contributed by atoms with Crippen LogP contribution in [0.2, 0.25) is 0 Å². The largest absolute Gasteiger partial charge is 1.00 e. The van der Waals surface area contributed by atoms with Crippen molar-refractivity contribution in [3.63, 3.8) is 0 Å². The summed E-state index contributed by atoms with van der Waals surface area (Å²) in [5.74, 6) is -0.398. The van der Waals surface area contributed by atoms with Gasteiger partial charge in [-0.2, -0.15) is 0 Å². The van der Waals surface area contributed by atoms with E-state index in [0.717, 1.165) is 4.90 Å². The molecule has 0 atom stereocenters. The molecule has 0 aliphatic carbocycles. The molecule has 2 aromatic rings. The van der Waals surface area contributed by atoms with Crippen molar-refractivity contribution in [2.24, 2.45) is 0 Å². The van der Waals surface area contributed by atoms with Gasteiger partial charge in [0.05, 0.1) is 11.4 Å². The third-order valence-electron chi connectivity index (χ3n) is 3.13. The Morgan fingerprint density at radius 2 is 1.19 bits per heavy atom. The van der Waals surface area contributed by atoms with Crippen LogP contribution < -0.4 is 39.4 Å². The summed E-state index contributed by atoms with van der Waals surface area (Å²) in [6, 6.07) is 17.4. The molecule has 5 heteroatoms. The van der Waals surface area contributed by atoms with E-state index < -0.39 is 11.9 Å². The van der Waals surface area contributed by atoms with E-state index in [2.05, 4.69) is 6.58 Å². The molecule has 0 bridgehead atoms. The summed E-state index contributed by atoms with van der Waals surface area (Å²) in [5.41, 5.74) is 1.33. The molecule has 0 N–H and O–H groups in total. The van der Waals surface area contributed by atoms with Gasteiger partial charge in [0.25, 0.3) is 5.91 Å². The molecular weight excluding hydrogens is 275 g/mol. The quantitative estimate of drug-likeness (QED) is 0.453. The van der Waals surface area contributed by atoms with Crippen LogP contribution >= 0.6 is 0 Å². The zero-order valence-electron chi connectivity index (χ0n) is 12.7. The van der Waals surface area contributed by atoms with Crippen molar-refractivity contribution >= 4 is 23.3 Å². The summed E-state index contributed by atoms with van der Waals surface area (Å²) in [7, 11) is 0. The minimum atomic E-state index is -0.405. The summed E-state index contributed by atoms with van der Waals surface area (Å²) in [5, 5.41) is 0. The fraction of sp³-hybridized carbons (Fsp3) is 0. The van der Waals surface area contributed by atoms with Gasteiger partial charge in [-0.3, -0.25) is 9.69 Å². The molecule has 1 aliphatic heterocycles. The topological polar surface area (TPSA) is 40.6 Å². The average Bonchev–Trinajstić information content (AvgIpc) is 2.71. The zero-order chi connectivity index (χ0) is 14.1. The van der Waals surface area contributed by atoms with E-state index in [1.807, 2.05) is 24.3 Å². The maximum absolute atomic E-state index is 12.5. The van der Waals surface area contributed by atoms with Gasteiger partial charge in [0.1, 0.15) is 5.70 Å². The third-order valence-corrected chi connectivity index (χ3v) is 3.13. The predicted molar refractivity (Wildman–Crippen MR) is 78.5 cm³/mol. The van der Waals surface area contributed by atoms with Crippen molar-refractivity contribution in [3.05, 3.63) is 72.9 Å². The van der Waals surface area contributed by atoms with Crippen LogP contribution in [0, 0.1) is 0 Å². The van der Waals surface area contributed by atoms with Gasteiger partial charge in [-0.25, -0.2) is 9.69 Å². The van der Waals surface area contributed by atoms with E-state index in [0.29, 0.717) is 11.4 Å². The number of imide groups is 1. The van der Waals surface area contributed by atoms with Gasteiger partial charge in [0.2, 0.25) is 0 Å². The van der Waals surface area contributed by atoms with Crippen LogP contribution in [0.3, 0.4) is 0 Å². The number of para-hydroxylation sites is 2. The van der Waals surface area contributed by atoms with E-state index in [4.69, 9.17) is 0 Å². The first-order chi connectivity index (χ1) is 9.70. The van der Waals surface area contributed by atoms with Gasteiger partial charge in [-0.1, -0.05) is 43.0 Å². The molecule has 1 saturated heterocycles. The number of nitrogens with zero attached hydrogens (tertiary/aromatic N) is 2. The summed E-state index contributed by atoms with van der Waals surface area (Å²) in [6.45, 7) is 3.73. The number of rotatable bonds is 2. The Kier molecular flexibility index (Phi) is 4.63. The number of carbonyl (C=O) groups excluding carboxylic acids is 2. The Morgan fingerprint density at radius 1 is 0.762 bits per heavy atom. The van der Waals surface area contributed by atoms with Crippen molar-refractivity contribution in [1.82, 2.24) is 0 Å². The minimum Gasteiger partial charge on any atom is -1.00 e. The van der Waals surface area contributed by atoms with Crippen molar-refractivity contribution in [3.8, 4) is 0 Å². The molecule has 1 fully saturated rings. The zero-order valence-corrected chi connectivity index (χ0v) is 13.7. The number of carbonyl (C=O) groups is 2. The number of benzene rings is 2. The van der Waals surface area contributed by atoms with Gasteiger partial charge in [-0.15, -0.1) is 0 Å². The van der Waals surface area contributed by atoms with E-state index in [9.17, 15) is 9.59 Å². The minimum absolute atomic E-state index is 0. The Morgan fingerprint density at radius 3 is 1.67 bits per heavy atom. The summed E-state index contributed by atoms with van der Waals surface area (Å²) >= 11 is 0. The predicted octanol–water partition coefficient (Wildman–Crippen LogP) is 0.290. The second-order valence-electron chi connectivity index (χ2n) is 4.38. The molecule has 3 rings (SSSR count). The summed E-state index contributed by atoms with van der Waals surface area (Å²) in [4.78, 5) is 27.2. The number of amides is 3. The normalized spacial score (nSPS) is 14.4. The molecule has 0 unspecified atom stereocenters. The van der Waals surface area contributed by atoms with E-state index in [1.54, 1.807) is 36.4 Å². The number of hydrogen-bond acceptors (Lipinski definition) is 2. The fourth-order valence-electron chi connectivity index (χ4n) is 2.18. The molecule has 2 aromatic carbocycles. The van der Waals surface area contributed by atoms with E-state index in [1.165, 1.54) is 4.90 Å². The molecule has 1 aliphatic rings. The van der Waals surface area contributed by atoms with Crippen LogP contribution in [0.4, 0.5) is 16.2 Å². The molecule has 100 valence electrons. The van der Waals surface area contributed by atoms with Crippen LogP contribution in [-0.2, 0) is 4.79 Å². The molecule has 3 amide bonds. The van der Waals surface area contributed by atoms with Crippen LogP contribution in [0.25, 0.3) is 0 Å². The molecular formula is C16H13N2NaO2. The molecule has 0 spiro atoms. The smallest absolute Gasteiger partial charge is 1.00 e. The van der Waals surface area contributed by atoms with Crippen LogP contribution in [0.15, 0.2) is 72.9 Å². The summed E-state index contributed by atoms with van der Waals surface area (Å²) in [6.07, 6.45) is 0. The standard InChI is InChI=1S/C16H12N2O2.Na.H/c1-12-15(19)18(14-10-6-3-7-11-14)16(20)17(12)13-8-4-2-5-9-13;;/h2-11H,1H2;;/q;+1;-1. The second-order valence-corrected chi connectivity index (χ2v) is 4.38. The molecule has 0 aromatic heterocycles. The van der Waals surface area contributed by atoms with Crippen molar-refractivity contribution in [2.75, 3.05) is 9.80 Å². The maximum Gasteiger partial charge on any atom is 1.00 e. The van der Waals surface area contributed by atoms with Crippen molar-refractivity contribution < 1.29 is 40.6 Å². The second kappa shape index (κ2) is 6.26. The first-order valence-electron chi connectivity index (χ1n) is 6.17. The average molecular weight is 288 g/mol. The molecule has 21 heavy (non-hydrogen) atoms. The van der Waals surface area contributed by atoms with Crippen LogP contribution in [0.5, 0.6) is 0 Å². The van der Waals surface area contributed by atoms with Crippen molar-refractivity contribution in [1.29, 1.82) is 0 Å². The monoisotopic (exact) mass is 288 g/mol. The molecule has 0 saturated carbocycles. The van der Waals surface area contributed by atoms with Gasteiger partial charge < -0.3 is 1.43 Å². The fourth-order valence-corrected chi connectivity index (χ4v) is 2.18. The molecule has 1 heterocycles. The molecule has 4 nitrogen and oxygen atoms in total. The van der Waals surface area contributed by atoms with Crippen molar-refractivity contribution in [2.45, 2.75) is 0 Å². The van der Waals surface area contributed by atoms with Gasteiger partial charge in [0, 0.05) is 0 Å². The van der Waals surface area contributed by atoms with E-state index in [-0.39, 0.29) is 36.7 Å². The number of anilines is 2. The van der Waals surface area contributed by atoms with Gasteiger partial charge >= 0.3 is 35.6 Å². The maximum atomic E-state index is 12.5. The van der Waals surface area contributed by atoms with Crippen LogP contribution in [-0.4, -0.2) is 11.9 Å². The van der Waals surface area contributed by atoms with Gasteiger partial charge in [-0.05, 0) is 24.3 Å². The Labute approximate surface area is 146 Å². The van der Waals surface area contributed by atoms with Crippen LogP contribution in [0.1, 0.15) is 1.43 Å². The number of hydrogen-bond donors (Lipinski definition) is 0. The summed E-state index contributed by atoms with van der Waals surface area (Å²) < 4.78 is 0. The van der Waals surface area contributed by atoms with Gasteiger partial charge in [0.15, 0.2) is 0 Å². The Balaban J connectivity index is 0.00000121. The molecule has 0 radical (unpaired) electrons. The SMILES string of the molecule is C=C1C(=O)N(c2ccccc2)C(=O)N1c1ccccc1.[H-].[Na+]. The van der Waals surface area contributed by atoms with E-state index >= 15 is 0 Å². The first-order valence-corrected chi connectivity index (χ1v) is 6.17. The Hall–Kier alpha value is -1.88. The first kappa shape index (κ1) is 15.5. The Bertz CT molecular complexity index is 632.